The van der Waals surface area contributed by atoms with Crippen LogP contribution in [-0.2, 0) is 22.4 Å². The Morgan fingerprint density at radius 3 is 2.57 bits per heavy atom. The lowest BCUT2D eigenvalue weighted by atomic mass is 9.89. The molecule has 1 heterocycles. The van der Waals surface area contributed by atoms with E-state index in [0.717, 1.165) is 24.8 Å². The summed E-state index contributed by atoms with van der Waals surface area (Å²) in [7, 11) is 2.83. The average molecular weight is 517 g/mol. The number of rotatable bonds is 8. The van der Waals surface area contributed by atoms with E-state index in [1.54, 1.807) is 18.2 Å². The van der Waals surface area contributed by atoms with Crippen molar-refractivity contribution in [3.05, 3.63) is 69.6 Å². The predicted octanol–water partition coefficient (Wildman–Crippen LogP) is 6.03. The average Bonchev–Trinajstić information content (AvgIpc) is 3.35. The fraction of sp³-hybridized carbons (Fsp3) is 0.276. The molecule has 1 amide bonds. The lowest BCUT2D eigenvalue weighted by Gasteiger charge is -2.16. The van der Waals surface area contributed by atoms with Crippen LogP contribution in [0.5, 0.6) is 11.5 Å². The molecule has 0 atom stereocenters. The number of benzene rings is 2. The Morgan fingerprint density at radius 2 is 1.86 bits per heavy atom. The molecule has 37 heavy (non-hydrogen) atoms. The van der Waals surface area contributed by atoms with Crippen LogP contribution in [0.3, 0.4) is 0 Å². The van der Waals surface area contributed by atoms with Gasteiger partial charge in [0.05, 0.1) is 20.8 Å². The molecule has 1 aromatic heterocycles. The second-order valence-electron chi connectivity index (χ2n) is 8.50. The van der Waals surface area contributed by atoms with E-state index in [9.17, 15) is 14.9 Å². The zero-order valence-electron chi connectivity index (χ0n) is 21.1. The van der Waals surface area contributed by atoms with Gasteiger partial charge < -0.3 is 19.5 Å². The molecule has 2 aromatic carbocycles. The summed E-state index contributed by atoms with van der Waals surface area (Å²) in [5, 5.41) is 14.6. The van der Waals surface area contributed by atoms with Crippen LogP contribution in [0, 0.1) is 11.3 Å². The largest absolute Gasteiger partial charge is 0.493 e. The van der Waals surface area contributed by atoms with Crippen LogP contribution in [0.4, 0.5) is 5.00 Å². The van der Waals surface area contributed by atoms with Crippen LogP contribution >= 0.6 is 11.3 Å². The highest BCUT2D eigenvalue weighted by molar-refractivity contribution is 7.15. The van der Waals surface area contributed by atoms with Gasteiger partial charge in [-0.1, -0.05) is 24.3 Å². The Hall–Kier alpha value is -4.09. The van der Waals surface area contributed by atoms with Crippen LogP contribution in [0.1, 0.15) is 46.8 Å². The molecule has 0 unspecified atom stereocenters. The monoisotopic (exact) mass is 516 g/mol. The Labute approximate surface area is 220 Å². The Balaban J connectivity index is 1.64. The molecule has 3 aromatic rings. The van der Waals surface area contributed by atoms with Crippen molar-refractivity contribution in [2.24, 2.45) is 0 Å². The molecule has 7 nitrogen and oxygen atoms in total. The molecule has 190 valence electrons. The molecular weight excluding hydrogens is 488 g/mol. The van der Waals surface area contributed by atoms with E-state index in [4.69, 9.17) is 14.2 Å². The third kappa shape index (κ3) is 5.68. The first-order valence-corrected chi connectivity index (χ1v) is 12.9. The zero-order chi connectivity index (χ0) is 26.4. The minimum Gasteiger partial charge on any atom is -0.493 e. The molecule has 1 aliphatic rings. The Morgan fingerprint density at radius 1 is 1.08 bits per heavy atom. The normalized spacial score (nSPS) is 12.8. The van der Waals surface area contributed by atoms with Gasteiger partial charge in [-0.25, -0.2) is 4.79 Å². The number of carbonyl (C=O) groups is 2. The SMILES string of the molecule is CCOc1ccc(/C=C(\C#N)C(=O)Nc2scc(-c3ccc4c(c3)CCCC4)c2C(=O)OC)cc1OC. The summed E-state index contributed by atoms with van der Waals surface area (Å²) in [4.78, 5) is 25.8. The van der Waals surface area contributed by atoms with E-state index < -0.39 is 11.9 Å². The molecule has 8 heteroatoms. The number of nitriles is 1. The summed E-state index contributed by atoms with van der Waals surface area (Å²) < 4.78 is 15.9. The summed E-state index contributed by atoms with van der Waals surface area (Å²) in [6.07, 6.45) is 5.87. The minimum absolute atomic E-state index is 0.120. The highest BCUT2D eigenvalue weighted by Gasteiger charge is 2.24. The number of hydrogen-bond acceptors (Lipinski definition) is 7. The Kier molecular flexibility index (Phi) is 8.26. The number of methoxy groups -OCH3 is 2. The minimum atomic E-state index is -0.626. The standard InChI is InChI=1S/C29H28N2O5S/c1-4-36-24-12-9-18(14-25(24)34-2)13-22(16-30)27(32)31-28-26(29(33)35-3)23(17-37-28)21-11-10-19-7-5-6-8-20(19)15-21/h9-15,17H,4-8H2,1-3H3,(H,31,32)/b22-13+. The van der Waals surface area contributed by atoms with Crippen LogP contribution in [0.15, 0.2) is 47.4 Å². The van der Waals surface area contributed by atoms with Crippen molar-refractivity contribution in [3.8, 4) is 28.7 Å². The van der Waals surface area contributed by atoms with Crippen molar-refractivity contribution in [2.45, 2.75) is 32.6 Å². The number of amides is 1. The molecule has 0 fully saturated rings. The summed E-state index contributed by atoms with van der Waals surface area (Å²) >= 11 is 1.22. The number of aryl methyl sites for hydroxylation is 2. The second-order valence-corrected chi connectivity index (χ2v) is 9.38. The number of nitrogens with zero attached hydrogens (tertiary/aromatic N) is 1. The predicted molar refractivity (Wildman–Crippen MR) is 144 cm³/mol. The van der Waals surface area contributed by atoms with E-state index in [1.165, 1.54) is 49.2 Å². The maximum atomic E-state index is 13.1. The number of fused-ring (bicyclic) bond motifs is 1. The van der Waals surface area contributed by atoms with Gasteiger partial charge in [0.2, 0.25) is 0 Å². The first-order chi connectivity index (χ1) is 18.0. The second kappa shape index (κ2) is 11.8. The fourth-order valence-electron chi connectivity index (χ4n) is 4.40. The van der Waals surface area contributed by atoms with Gasteiger partial charge in [0, 0.05) is 10.9 Å². The fourth-order valence-corrected chi connectivity index (χ4v) is 5.35. The van der Waals surface area contributed by atoms with Crippen LogP contribution in [0.2, 0.25) is 0 Å². The number of ether oxygens (including phenoxy) is 3. The van der Waals surface area contributed by atoms with Gasteiger partial charge in [-0.05, 0) is 73.1 Å². The van der Waals surface area contributed by atoms with Crippen LogP contribution in [0.25, 0.3) is 17.2 Å². The summed E-state index contributed by atoms with van der Waals surface area (Å²) in [5.41, 5.74) is 4.98. The van der Waals surface area contributed by atoms with Crippen molar-refractivity contribution in [1.29, 1.82) is 5.26 Å². The molecule has 1 aliphatic carbocycles. The molecule has 0 radical (unpaired) electrons. The van der Waals surface area contributed by atoms with Gasteiger partial charge in [-0.2, -0.15) is 5.26 Å². The van der Waals surface area contributed by atoms with Gasteiger partial charge >= 0.3 is 5.97 Å². The maximum Gasteiger partial charge on any atom is 0.341 e. The molecule has 1 N–H and O–H groups in total. The number of hydrogen-bond donors (Lipinski definition) is 1. The van der Waals surface area contributed by atoms with E-state index in [1.807, 2.05) is 24.4 Å². The van der Waals surface area contributed by atoms with Gasteiger partial charge in [-0.15, -0.1) is 11.3 Å². The molecule has 4 rings (SSSR count). The number of thiophene rings is 1. The lowest BCUT2D eigenvalue weighted by Crippen LogP contribution is -2.15. The number of anilines is 1. The van der Waals surface area contributed by atoms with Gasteiger partial charge in [0.25, 0.3) is 5.91 Å². The van der Waals surface area contributed by atoms with Crippen molar-refractivity contribution in [1.82, 2.24) is 0 Å². The van der Waals surface area contributed by atoms with E-state index in [2.05, 4.69) is 17.4 Å². The molecule has 0 saturated heterocycles. The van der Waals surface area contributed by atoms with Crippen LogP contribution < -0.4 is 14.8 Å². The van der Waals surface area contributed by atoms with Gasteiger partial charge in [0.15, 0.2) is 11.5 Å². The summed E-state index contributed by atoms with van der Waals surface area (Å²) in [6.45, 7) is 2.35. The number of nitrogens with one attached hydrogen (secondary N) is 1. The third-order valence-corrected chi connectivity index (χ3v) is 7.13. The summed E-state index contributed by atoms with van der Waals surface area (Å²) in [6, 6.07) is 13.3. The van der Waals surface area contributed by atoms with Crippen molar-refractivity contribution in [2.75, 3.05) is 26.1 Å². The molecule has 0 bridgehead atoms. The first-order valence-electron chi connectivity index (χ1n) is 12.0. The van der Waals surface area contributed by atoms with Gasteiger partial charge in [0.1, 0.15) is 22.2 Å². The number of carbonyl (C=O) groups excluding carboxylic acids is 2. The number of esters is 1. The zero-order valence-corrected chi connectivity index (χ0v) is 21.9. The lowest BCUT2D eigenvalue weighted by molar-refractivity contribution is -0.112. The van der Waals surface area contributed by atoms with Crippen LogP contribution in [-0.4, -0.2) is 32.7 Å². The smallest absolute Gasteiger partial charge is 0.341 e. The maximum absolute atomic E-state index is 13.1. The Bertz CT molecular complexity index is 1400. The third-order valence-electron chi connectivity index (χ3n) is 6.23. The molecular formula is C29H28N2O5S. The quantitative estimate of drug-likeness (QED) is 0.223. The first kappa shape index (κ1) is 26.0. The highest BCUT2D eigenvalue weighted by Crippen LogP contribution is 2.38. The molecule has 0 aliphatic heterocycles. The highest BCUT2D eigenvalue weighted by atomic mass is 32.1. The summed E-state index contributed by atoms with van der Waals surface area (Å²) in [5.74, 6) is -0.113. The van der Waals surface area contributed by atoms with E-state index >= 15 is 0 Å². The van der Waals surface area contributed by atoms with Crippen molar-refractivity contribution >= 4 is 34.3 Å². The van der Waals surface area contributed by atoms with E-state index in [0.29, 0.717) is 34.2 Å². The van der Waals surface area contributed by atoms with Crippen molar-refractivity contribution in [3.63, 3.8) is 0 Å². The topological polar surface area (TPSA) is 97.7 Å². The molecule has 0 saturated carbocycles. The molecule has 0 spiro atoms. The van der Waals surface area contributed by atoms with Gasteiger partial charge in [-0.3, -0.25) is 4.79 Å². The van der Waals surface area contributed by atoms with E-state index in [-0.39, 0.29) is 11.1 Å². The van der Waals surface area contributed by atoms with Crippen molar-refractivity contribution < 1.29 is 23.8 Å².